The summed E-state index contributed by atoms with van der Waals surface area (Å²) < 4.78 is 11.6. The second kappa shape index (κ2) is 8.16. The van der Waals surface area contributed by atoms with Gasteiger partial charge in [-0.2, -0.15) is 0 Å². The Labute approximate surface area is 147 Å². The van der Waals surface area contributed by atoms with E-state index in [2.05, 4.69) is 35.4 Å². The van der Waals surface area contributed by atoms with Crippen molar-refractivity contribution < 1.29 is 9.15 Å². The zero-order valence-electron chi connectivity index (χ0n) is 14.3. The molecule has 2 N–H and O–H groups in total. The fourth-order valence-electron chi connectivity index (χ4n) is 2.93. The molecule has 2 aromatic rings. The van der Waals surface area contributed by atoms with Gasteiger partial charge in [0.2, 0.25) is 5.89 Å². The number of aryl methyl sites for hydroxylation is 1. The van der Waals surface area contributed by atoms with Crippen LogP contribution in [0.2, 0.25) is 0 Å². The van der Waals surface area contributed by atoms with Crippen LogP contribution >= 0.6 is 11.8 Å². The van der Waals surface area contributed by atoms with Crippen LogP contribution in [0.4, 0.5) is 0 Å². The number of ether oxygens (including phenoxy) is 1. The highest BCUT2D eigenvalue weighted by molar-refractivity contribution is 7.98. The molecule has 1 aromatic carbocycles. The lowest BCUT2D eigenvalue weighted by Crippen LogP contribution is -2.42. The number of hydrogen-bond acceptors (Lipinski definition) is 6. The smallest absolute Gasteiger partial charge is 0.226 e. The van der Waals surface area contributed by atoms with Gasteiger partial charge in [0.1, 0.15) is 5.76 Å². The van der Waals surface area contributed by atoms with Crippen molar-refractivity contribution in [3.05, 3.63) is 35.7 Å². The van der Waals surface area contributed by atoms with Crippen LogP contribution < -0.4 is 5.73 Å². The molecule has 1 aromatic heterocycles. The minimum Gasteiger partial charge on any atom is -0.441 e. The minimum atomic E-state index is 0.231. The van der Waals surface area contributed by atoms with Gasteiger partial charge in [0.05, 0.1) is 18.4 Å². The Morgan fingerprint density at radius 3 is 2.83 bits per heavy atom. The maximum Gasteiger partial charge on any atom is 0.226 e. The summed E-state index contributed by atoms with van der Waals surface area (Å²) in [5.41, 5.74) is 7.67. The first-order chi connectivity index (χ1) is 11.7. The molecule has 1 fully saturated rings. The van der Waals surface area contributed by atoms with Gasteiger partial charge in [0, 0.05) is 30.1 Å². The second-order valence-electron chi connectivity index (χ2n) is 6.06. The van der Waals surface area contributed by atoms with E-state index in [0.717, 1.165) is 49.7 Å². The number of thioether (sulfide) groups is 1. The Balaban J connectivity index is 1.69. The van der Waals surface area contributed by atoms with Gasteiger partial charge in [0.15, 0.2) is 0 Å². The van der Waals surface area contributed by atoms with E-state index in [1.165, 1.54) is 4.90 Å². The summed E-state index contributed by atoms with van der Waals surface area (Å²) in [6, 6.07) is 8.32. The van der Waals surface area contributed by atoms with Crippen LogP contribution in [0.25, 0.3) is 11.5 Å². The van der Waals surface area contributed by atoms with Crippen LogP contribution in [0.1, 0.15) is 17.9 Å². The summed E-state index contributed by atoms with van der Waals surface area (Å²) in [5, 5.41) is 0. The minimum absolute atomic E-state index is 0.231. The van der Waals surface area contributed by atoms with E-state index in [1.807, 2.05) is 6.92 Å². The summed E-state index contributed by atoms with van der Waals surface area (Å²) in [7, 11) is 0. The monoisotopic (exact) mass is 347 g/mol. The van der Waals surface area contributed by atoms with Gasteiger partial charge in [-0.05, 0) is 50.4 Å². The van der Waals surface area contributed by atoms with E-state index in [0.29, 0.717) is 12.4 Å². The average molecular weight is 347 g/mol. The van der Waals surface area contributed by atoms with Crippen LogP contribution in [0.3, 0.4) is 0 Å². The molecule has 0 spiro atoms. The lowest BCUT2D eigenvalue weighted by atomic mass is 10.2. The number of nitrogens with zero attached hydrogens (tertiary/aromatic N) is 2. The normalized spacial score (nSPS) is 18.9. The zero-order chi connectivity index (χ0) is 16.9. The Morgan fingerprint density at radius 1 is 1.33 bits per heavy atom. The Kier molecular flexibility index (Phi) is 5.94. The average Bonchev–Trinajstić information content (AvgIpc) is 2.96. The molecular formula is C18H25N3O2S. The molecule has 1 aliphatic rings. The predicted molar refractivity (Wildman–Crippen MR) is 97.1 cm³/mol. The third kappa shape index (κ3) is 4.19. The number of nitrogens with two attached hydrogens (primary N) is 1. The van der Waals surface area contributed by atoms with Gasteiger partial charge >= 0.3 is 0 Å². The molecule has 1 atom stereocenters. The number of oxazole rings is 1. The lowest BCUT2D eigenvalue weighted by Gasteiger charge is -2.32. The third-order valence-electron chi connectivity index (χ3n) is 4.31. The molecule has 6 heteroatoms. The molecule has 1 saturated heterocycles. The number of rotatable bonds is 6. The van der Waals surface area contributed by atoms with Crippen molar-refractivity contribution in [3.8, 4) is 11.5 Å². The predicted octanol–water partition coefficient (Wildman–Crippen LogP) is 2.92. The van der Waals surface area contributed by atoms with Crippen LogP contribution in [-0.2, 0) is 11.3 Å². The van der Waals surface area contributed by atoms with E-state index in [-0.39, 0.29) is 6.10 Å². The molecule has 0 unspecified atom stereocenters. The summed E-state index contributed by atoms with van der Waals surface area (Å²) in [4.78, 5) is 8.33. The molecule has 0 amide bonds. The van der Waals surface area contributed by atoms with E-state index < -0.39 is 0 Å². The summed E-state index contributed by atoms with van der Waals surface area (Å²) in [6.07, 6.45) is 3.21. The summed E-state index contributed by atoms with van der Waals surface area (Å²) >= 11 is 1.73. The first-order valence-electron chi connectivity index (χ1n) is 8.34. The highest BCUT2D eigenvalue weighted by Gasteiger charge is 2.22. The maximum absolute atomic E-state index is 5.89. The van der Waals surface area contributed by atoms with Crippen molar-refractivity contribution in [1.82, 2.24) is 9.88 Å². The van der Waals surface area contributed by atoms with Crippen LogP contribution in [0.5, 0.6) is 0 Å². The van der Waals surface area contributed by atoms with Crippen LogP contribution in [0.15, 0.2) is 33.6 Å². The molecular weight excluding hydrogens is 322 g/mol. The number of benzene rings is 1. The number of morpholine rings is 1. The van der Waals surface area contributed by atoms with Gasteiger partial charge < -0.3 is 14.9 Å². The van der Waals surface area contributed by atoms with Gasteiger partial charge in [0.25, 0.3) is 0 Å². The van der Waals surface area contributed by atoms with Crippen LogP contribution in [0, 0.1) is 6.92 Å². The van der Waals surface area contributed by atoms with Crippen molar-refractivity contribution in [2.45, 2.75) is 30.9 Å². The van der Waals surface area contributed by atoms with E-state index in [4.69, 9.17) is 19.9 Å². The topological polar surface area (TPSA) is 64.5 Å². The molecule has 0 saturated carbocycles. The Morgan fingerprint density at radius 2 is 2.12 bits per heavy atom. The molecule has 0 radical (unpaired) electrons. The molecule has 0 aliphatic carbocycles. The molecule has 130 valence electrons. The van der Waals surface area contributed by atoms with Gasteiger partial charge in [-0.3, -0.25) is 4.90 Å². The number of aromatic nitrogens is 1. The van der Waals surface area contributed by atoms with Crippen molar-refractivity contribution >= 4 is 11.8 Å². The summed E-state index contributed by atoms with van der Waals surface area (Å²) in [5.74, 6) is 1.59. The first kappa shape index (κ1) is 17.5. The maximum atomic E-state index is 5.89. The number of hydrogen-bond donors (Lipinski definition) is 1. The third-order valence-corrected chi connectivity index (χ3v) is 5.06. The summed E-state index contributed by atoms with van der Waals surface area (Å²) in [6.45, 7) is 6.03. The zero-order valence-corrected chi connectivity index (χ0v) is 15.1. The first-order valence-corrected chi connectivity index (χ1v) is 9.57. The van der Waals surface area contributed by atoms with E-state index >= 15 is 0 Å². The van der Waals surface area contributed by atoms with E-state index in [9.17, 15) is 0 Å². The van der Waals surface area contributed by atoms with Gasteiger partial charge in [-0.25, -0.2) is 4.98 Å². The molecule has 2 heterocycles. The second-order valence-corrected chi connectivity index (χ2v) is 6.94. The molecule has 24 heavy (non-hydrogen) atoms. The van der Waals surface area contributed by atoms with E-state index in [1.54, 1.807) is 11.8 Å². The fraction of sp³-hybridized carbons (Fsp3) is 0.500. The molecule has 5 nitrogen and oxygen atoms in total. The Hall–Kier alpha value is -1.34. The standard InChI is InChI=1S/C18H25N3O2S/c1-13-17(12-21-9-10-22-15(11-21)7-8-19)20-18(23-13)14-3-5-16(24-2)6-4-14/h3-6,15H,7-12,19H2,1-2H3/t15-/m1/s1. The SMILES string of the molecule is CSc1ccc(-c2nc(CN3CCO[C@H](CCN)C3)c(C)o2)cc1. The fourth-order valence-corrected chi connectivity index (χ4v) is 3.34. The van der Waals surface area contributed by atoms with Crippen LogP contribution in [-0.4, -0.2) is 48.5 Å². The van der Waals surface area contributed by atoms with Crippen molar-refractivity contribution in [2.24, 2.45) is 5.73 Å². The largest absolute Gasteiger partial charge is 0.441 e. The molecule has 3 rings (SSSR count). The highest BCUT2D eigenvalue weighted by atomic mass is 32.2. The lowest BCUT2D eigenvalue weighted by molar-refractivity contribution is -0.0339. The van der Waals surface area contributed by atoms with Crippen molar-refractivity contribution in [2.75, 3.05) is 32.5 Å². The molecule has 1 aliphatic heterocycles. The van der Waals surface area contributed by atoms with Crippen molar-refractivity contribution in [1.29, 1.82) is 0 Å². The molecule has 0 bridgehead atoms. The van der Waals surface area contributed by atoms with Gasteiger partial charge in [-0.1, -0.05) is 0 Å². The Bertz CT molecular complexity index is 655. The highest BCUT2D eigenvalue weighted by Crippen LogP contribution is 2.25. The van der Waals surface area contributed by atoms with Gasteiger partial charge in [-0.15, -0.1) is 11.8 Å². The quantitative estimate of drug-likeness (QED) is 0.811. The van der Waals surface area contributed by atoms with Crippen molar-refractivity contribution in [3.63, 3.8) is 0 Å².